The van der Waals surface area contributed by atoms with E-state index in [0.717, 1.165) is 11.4 Å². The number of carbonyl (C=O) groups excluding carboxylic acids is 1. The van der Waals surface area contributed by atoms with E-state index < -0.39 is 5.91 Å². The van der Waals surface area contributed by atoms with Crippen LogP contribution >= 0.6 is 22.9 Å². The zero-order chi connectivity index (χ0) is 23.6. The zero-order valence-corrected chi connectivity index (χ0v) is 19.8. The molecular formula is C24H23ClN4O3S. The van der Waals surface area contributed by atoms with Crippen molar-refractivity contribution in [3.63, 3.8) is 0 Å². The van der Waals surface area contributed by atoms with E-state index in [4.69, 9.17) is 21.1 Å². The lowest BCUT2D eigenvalue weighted by molar-refractivity contribution is -0.112. The minimum Gasteiger partial charge on any atom is -0.490 e. The van der Waals surface area contributed by atoms with Crippen molar-refractivity contribution in [3.05, 3.63) is 69.7 Å². The van der Waals surface area contributed by atoms with Gasteiger partial charge >= 0.3 is 0 Å². The molecule has 3 rings (SSSR count). The topological polar surface area (TPSA) is 97.1 Å². The Morgan fingerprint density at radius 1 is 1.15 bits per heavy atom. The Kier molecular flexibility index (Phi) is 8.81. The molecule has 7 nitrogen and oxygen atoms in total. The van der Waals surface area contributed by atoms with Gasteiger partial charge in [-0.25, -0.2) is 0 Å². The molecule has 0 unspecified atom stereocenters. The van der Waals surface area contributed by atoms with Gasteiger partial charge in [0.05, 0.1) is 5.02 Å². The lowest BCUT2D eigenvalue weighted by Crippen LogP contribution is -2.13. The Bertz CT molecular complexity index is 1150. The number of para-hydroxylation sites is 1. The normalized spacial score (nSPS) is 11.2. The second-order valence-electron chi connectivity index (χ2n) is 7.42. The standard InChI is InChI=1S/C24H23ClN4O3S/c1-16(2)13-22-28-29-24(33-22)27-23(30)18(15-26)14-17-7-9-19(10-8-17)31-11-12-32-21-6-4-3-5-20(21)25/h3-10,14,16H,11-13H2,1-2H3,(H,27,29,30). The molecular weight excluding hydrogens is 460 g/mol. The van der Waals surface area contributed by atoms with Crippen molar-refractivity contribution < 1.29 is 14.3 Å². The van der Waals surface area contributed by atoms with Crippen LogP contribution in [0.5, 0.6) is 11.5 Å². The van der Waals surface area contributed by atoms with E-state index in [1.807, 2.05) is 18.2 Å². The Hall–Kier alpha value is -3.41. The summed E-state index contributed by atoms with van der Waals surface area (Å²) in [6, 6.07) is 16.2. The molecule has 3 aromatic rings. The highest BCUT2D eigenvalue weighted by Crippen LogP contribution is 2.23. The van der Waals surface area contributed by atoms with Gasteiger partial charge in [-0.15, -0.1) is 10.2 Å². The van der Waals surface area contributed by atoms with Gasteiger partial charge in [-0.3, -0.25) is 10.1 Å². The number of nitrogens with zero attached hydrogens (tertiary/aromatic N) is 3. The van der Waals surface area contributed by atoms with Gasteiger partial charge in [0, 0.05) is 6.42 Å². The first-order valence-corrected chi connectivity index (χ1v) is 11.5. The van der Waals surface area contributed by atoms with E-state index in [2.05, 4.69) is 29.4 Å². The fourth-order valence-electron chi connectivity index (χ4n) is 2.75. The molecule has 0 bridgehead atoms. The Labute approximate surface area is 201 Å². The van der Waals surface area contributed by atoms with Crippen molar-refractivity contribution in [2.24, 2.45) is 5.92 Å². The van der Waals surface area contributed by atoms with E-state index in [0.29, 0.717) is 46.3 Å². The molecule has 1 N–H and O–H groups in total. The Morgan fingerprint density at radius 2 is 1.88 bits per heavy atom. The van der Waals surface area contributed by atoms with Crippen molar-refractivity contribution in [1.29, 1.82) is 5.26 Å². The number of rotatable bonds is 10. The van der Waals surface area contributed by atoms with Crippen molar-refractivity contribution in [3.8, 4) is 17.6 Å². The summed E-state index contributed by atoms with van der Waals surface area (Å²) < 4.78 is 11.3. The van der Waals surface area contributed by atoms with E-state index >= 15 is 0 Å². The third-order valence-corrected chi connectivity index (χ3v) is 5.45. The van der Waals surface area contributed by atoms with Crippen molar-refractivity contribution in [2.75, 3.05) is 18.5 Å². The molecule has 1 amide bonds. The summed E-state index contributed by atoms with van der Waals surface area (Å²) in [5.74, 6) is 1.17. The molecule has 0 aliphatic carbocycles. The maximum Gasteiger partial charge on any atom is 0.268 e. The second-order valence-corrected chi connectivity index (χ2v) is 8.89. The number of anilines is 1. The summed E-state index contributed by atoms with van der Waals surface area (Å²) in [4.78, 5) is 12.5. The van der Waals surface area contributed by atoms with Gasteiger partial charge in [0.25, 0.3) is 5.91 Å². The molecule has 1 aromatic heterocycles. The smallest absolute Gasteiger partial charge is 0.268 e. The number of aromatic nitrogens is 2. The number of hydrogen-bond donors (Lipinski definition) is 1. The number of benzene rings is 2. The highest BCUT2D eigenvalue weighted by molar-refractivity contribution is 7.15. The number of carbonyl (C=O) groups is 1. The molecule has 0 aliphatic rings. The van der Waals surface area contributed by atoms with E-state index in [1.165, 1.54) is 17.4 Å². The van der Waals surface area contributed by atoms with Crippen LogP contribution in [0, 0.1) is 17.2 Å². The summed E-state index contributed by atoms with van der Waals surface area (Å²) in [5, 5.41) is 21.8. The second kappa shape index (κ2) is 12.0. The van der Waals surface area contributed by atoms with Crippen LogP contribution in [-0.2, 0) is 11.2 Å². The van der Waals surface area contributed by atoms with Gasteiger partial charge in [0.2, 0.25) is 5.13 Å². The minimum atomic E-state index is -0.526. The lowest BCUT2D eigenvalue weighted by atomic mass is 10.1. The molecule has 0 aliphatic heterocycles. The molecule has 9 heteroatoms. The summed E-state index contributed by atoms with van der Waals surface area (Å²) >= 11 is 7.36. The summed E-state index contributed by atoms with van der Waals surface area (Å²) in [6.07, 6.45) is 2.30. The van der Waals surface area contributed by atoms with Crippen molar-refractivity contribution in [2.45, 2.75) is 20.3 Å². The first-order chi connectivity index (χ1) is 15.9. The molecule has 0 atom stereocenters. The van der Waals surface area contributed by atoms with E-state index in [1.54, 1.807) is 36.4 Å². The third kappa shape index (κ3) is 7.59. The molecule has 1 heterocycles. The van der Waals surface area contributed by atoms with E-state index in [9.17, 15) is 10.1 Å². The first kappa shape index (κ1) is 24.2. The first-order valence-electron chi connectivity index (χ1n) is 10.3. The van der Waals surface area contributed by atoms with Crippen LogP contribution < -0.4 is 14.8 Å². The molecule has 0 radical (unpaired) electrons. The molecule has 2 aromatic carbocycles. The Balaban J connectivity index is 1.52. The van der Waals surface area contributed by atoms with Crippen LogP contribution in [0.1, 0.15) is 24.4 Å². The largest absolute Gasteiger partial charge is 0.490 e. The van der Waals surface area contributed by atoms with Gasteiger partial charge in [0.15, 0.2) is 0 Å². The van der Waals surface area contributed by atoms with Crippen LogP contribution in [0.4, 0.5) is 5.13 Å². The van der Waals surface area contributed by atoms with E-state index in [-0.39, 0.29) is 5.57 Å². The van der Waals surface area contributed by atoms with Crippen LogP contribution in [0.25, 0.3) is 6.08 Å². The number of nitrogens with one attached hydrogen (secondary N) is 1. The lowest BCUT2D eigenvalue weighted by Gasteiger charge is -2.09. The van der Waals surface area contributed by atoms with Crippen LogP contribution in [0.3, 0.4) is 0 Å². The van der Waals surface area contributed by atoms with Gasteiger partial charge in [0.1, 0.15) is 41.4 Å². The van der Waals surface area contributed by atoms with Gasteiger partial charge in [-0.05, 0) is 41.8 Å². The molecule has 33 heavy (non-hydrogen) atoms. The molecule has 0 saturated heterocycles. The zero-order valence-electron chi connectivity index (χ0n) is 18.2. The predicted molar refractivity (Wildman–Crippen MR) is 130 cm³/mol. The average molecular weight is 483 g/mol. The SMILES string of the molecule is CC(C)Cc1nnc(NC(=O)C(C#N)=Cc2ccc(OCCOc3ccccc3Cl)cc2)s1. The highest BCUT2D eigenvalue weighted by Gasteiger charge is 2.13. The van der Waals surface area contributed by atoms with Gasteiger partial charge in [-0.1, -0.05) is 61.1 Å². The summed E-state index contributed by atoms with van der Waals surface area (Å²) in [7, 11) is 0. The molecule has 0 saturated carbocycles. The highest BCUT2D eigenvalue weighted by atomic mass is 35.5. The Morgan fingerprint density at radius 3 is 2.58 bits per heavy atom. The fraction of sp³-hybridized carbons (Fsp3) is 0.250. The monoisotopic (exact) mass is 482 g/mol. The van der Waals surface area contributed by atoms with Crippen LogP contribution in [0.2, 0.25) is 5.02 Å². The van der Waals surface area contributed by atoms with Crippen molar-refractivity contribution >= 4 is 40.1 Å². The number of ether oxygens (including phenoxy) is 2. The van der Waals surface area contributed by atoms with Gasteiger partial charge in [-0.2, -0.15) is 5.26 Å². The minimum absolute atomic E-state index is 0.0302. The maximum absolute atomic E-state index is 12.5. The summed E-state index contributed by atoms with van der Waals surface area (Å²) in [6.45, 7) is 4.85. The maximum atomic E-state index is 12.5. The van der Waals surface area contributed by atoms with Crippen LogP contribution in [-0.4, -0.2) is 29.3 Å². The third-order valence-electron chi connectivity index (χ3n) is 4.27. The molecule has 170 valence electrons. The fourth-order valence-corrected chi connectivity index (χ4v) is 3.89. The van der Waals surface area contributed by atoms with Crippen LogP contribution in [0.15, 0.2) is 54.1 Å². The number of amides is 1. The van der Waals surface area contributed by atoms with Gasteiger partial charge < -0.3 is 9.47 Å². The average Bonchev–Trinajstić information content (AvgIpc) is 3.22. The summed E-state index contributed by atoms with van der Waals surface area (Å²) in [5.41, 5.74) is 0.663. The molecule has 0 spiro atoms. The van der Waals surface area contributed by atoms with Crippen molar-refractivity contribution in [1.82, 2.24) is 10.2 Å². The number of halogens is 1. The predicted octanol–water partition coefficient (Wildman–Crippen LogP) is 5.39. The number of hydrogen-bond acceptors (Lipinski definition) is 7. The number of nitriles is 1. The quantitative estimate of drug-likeness (QED) is 0.236. The molecule has 0 fully saturated rings.